The first-order valence-electron chi connectivity index (χ1n) is 8.98. The number of amides is 1. The van der Waals surface area contributed by atoms with Gasteiger partial charge in [0.1, 0.15) is 11.2 Å². The molecule has 1 aromatic heterocycles. The predicted molar refractivity (Wildman–Crippen MR) is 100 cm³/mol. The molecule has 0 aliphatic carbocycles. The Morgan fingerprint density at radius 2 is 2.00 bits per heavy atom. The number of carbonyl (C=O) groups is 1. The zero-order valence-electron chi connectivity index (χ0n) is 15.7. The lowest BCUT2D eigenvalue weighted by molar-refractivity contribution is 0.0121. The quantitative estimate of drug-likeness (QED) is 0.794. The van der Waals surface area contributed by atoms with Crippen LogP contribution in [-0.2, 0) is 4.74 Å². The van der Waals surface area contributed by atoms with Gasteiger partial charge in [0.05, 0.1) is 11.6 Å². The molecule has 0 bridgehead atoms. The fraction of sp³-hybridized carbons (Fsp3) is 0.556. The minimum atomic E-state index is -1.61. The Kier molecular flexibility index (Phi) is 4.99. The molecule has 0 radical (unpaired) electrons. The van der Waals surface area contributed by atoms with Gasteiger partial charge in [0.25, 0.3) is 0 Å². The molecule has 2 aromatic rings. The second-order valence-corrected chi connectivity index (χ2v) is 7.98. The SMILES string of the molecule is C[C@@H]1CN(C(=O)OC(C)(C)C)CC[C@@H]1n1nc(B(O)O)c2ccccc21. The highest BCUT2D eigenvalue weighted by Gasteiger charge is 2.34. The first kappa shape index (κ1) is 18.7. The smallest absolute Gasteiger partial charge is 0.444 e. The molecule has 1 aliphatic heterocycles. The van der Waals surface area contributed by atoms with Crippen molar-refractivity contribution in [3.63, 3.8) is 0 Å². The van der Waals surface area contributed by atoms with Gasteiger partial charge in [0.15, 0.2) is 0 Å². The van der Waals surface area contributed by atoms with E-state index in [1.54, 1.807) is 4.90 Å². The second kappa shape index (κ2) is 6.93. The number of rotatable bonds is 2. The summed E-state index contributed by atoms with van der Waals surface area (Å²) in [6.45, 7) is 8.81. The van der Waals surface area contributed by atoms with Crippen LogP contribution in [0.5, 0.6) is 0 Å². The number of nitrogens with zero attached hydrogens (tertiary/aromatic N) is 3. The van der Waals surface area contributed by atoms with E-state index in [1.165, 1.54) is 0 Å². The molecule has 0 unspecified atom stereocenters. The molecule has 3 rings (SSSR count). The monoisotopic (exact) mass is 359 g/mol. The summed E-state index contributed by atoms with van der Waals surface area (Å²) in [5, 5.41) is 24.5. The summed E-state index contributed by atoms with van der Waals surface area (Å²) >= 11 is 0. The fourth-order valence-electron chi connectivity index (χ4n) is 3.55. The third-order valence-corrected chi connectivity index (χ3v) is 4.71. The molecule has 1 amide bonds. The fourth-order valence-corrected chi connectivity index (χ4v) is 3.55. The second-order valence-electron chi connectivity index (χ2n) is 7.98. The maximum Gasteiger partial charge on any atom is 0.510 e. The first-order valence-corrected chi connectivity index (χ1v) is 8.98. The molecule has 7 nitrogen and oxygen atoms in total. The Labute approximate surface area is 153 Å². The lowest BCUT2D eigenvalue weighted by atomic mass is 9.84. The number of hydrogen-bond donors (Lipinski definition) is 2. The van der Waals surface area contributed by atoms with Crippen molar-refractivity contribution in [2.75, 3.05) is 13.1 Å². The van der Waals surface area contributed by atoms with Crippen LogP contribution in [0.3, 0.4) is 0 Å². The van der Waals surface area contributed by atoms with E-state index in [0.29, 0.717) is 13.1 Å². The van der Waals surface area contributed by atoms with Crippen molar-refractivity contribution in [1.29, 1.82) is 0 Å². The number of fused-ring (bicyclic) bond motifs is 1. The zero-order valence-corrected chi connectivity index (χ0v) is 15.7. The third-order valence-electron chi connectivity index (χ3n) is 4.71. The van der Waals surface area contributed by atoms with Crippen LogP contribution in [0.1, 0.15) is 40.2 Å². The first-order chi connectivity index (χ1) is 12.2. The van der Waals surface area contributed by atoms with Gasteiger partial charge in [-0.05, 0) is 39.2 Å². The lowest BCUT2D eigenvalue weighted by Gasteiger charge is -2.37. The Morgan fingerprint density at radius 1 is 1.31 bits per heavy atom. The molecule has 8 heteroatoms. The van der Waals surface area contributed by atoms with Crippen molar-refractivity contribution in [3.8, 4) is 0 Å². The van der Waals surface area contributed by atoms with Crippen LogP contribution in [0.25, 0.3) is 10.9 Å². The highest BCUT2D eigenvalue weighted by atomic mass is 16.6. The summed E-state index contributed by atoms with van der Waals surface area (Å²) in [5.74, 6) is 0.156. The van der Waals surface area contributed by atoms with E-state index < -0.39 is 12.7 Å². The summed E-state index contributed by atoms with van der Waals surface area (Å²) < 4.78 is 7.35. The Hall–Kier alpha value is -2.06. The number of para-hydroxylation sites is 1. The number of carbonyl (C=O) groups excluding carboxylic acids is 1. The Bertz CT molecular complexity index is 799. The van der Waals surface area contributed by atoms with Crippen LogP contribution in [0.4, 0.5) is 4.79 Å². The van der Waals surface area contributed by atoms with Crippen LogP contribution >= 0.6 is 0 Å². The average molecular weight is 359 g/mol. The van der Waals surface area contributed by atoms with Gasteiger partial charge in [-0.1, -0.05) is 25.1 Å². The molecular formula is C18H26BN3O4. The summed E-state index contributed by atoms with van der Waals surface area (Å²) in [5.41, 5.74) is 0.627. The van der Waals surface area contributed by atoms with Gasteiger partial charge in [0.2, 0.25) is 0 Å². The molecule has 26 heavy (non-hydrogen) atoms. The number of piperidine rings is 1. The number of likely N-dealkylation sites (tertiary alicyclic amines) is 1. The molecule has 1 saturated heterocycles. The van der Waals surface area contributed by atoms with Crippen LogP contribution in [-0.4, -0.2) is 56.6 Å². The van der Waals surface area contributed by atoms with Crippen molar-refractivity contribution in [2.24, 2.45) is 5.92 Å². The Morgan fingerprint density at radius 3 is 2.62 bits per heavy atom. The molecule has 2 heterocycles. The molecule has 2 atom stereocenters. The average Bonchev–Trinajstić information content (AvgIpc) is 2.93. The maximum atomic E-state index is 12.3. The van der Waals surface area contributed by atoms with E-state index in [0.717, 1.165) is 17.3 Å². The van der Waals surface area contributed by atoms with E-state index in [2.05, 4.69) is 12.0 Å². The molecule has 0 spiro atoms. The van der Waals surface area contributed by atoms with E-state index in [1.807, 2.05) is 49.7 Å². The standard InChI is InChI=1S/C18H26BN3O4/c1-12-11-21(17(23)26-18(2,3)4)10-9-14(12)22-15-8-6-5-7-13(15)16(20-22)19(24)25/h5-8,12,14,24-25H,9-11H2,1-4H3/t12-,14+/m1/s1. The minimum Gasteiger partial charge on any atom is -0.444 e. The zero-order chi connectivity index (χ0) is 19.1. The van der Waals surface area contributed by atoms with Crippen LogP contribution in [0.15, 0.2) is 24.3 Å². The highest BCUT2D eigenvalue weighted by molar-refractivity contribution is 6.60. The molecule has 1 aliphatic rings. The van der Waals surface area contributed by atoms with Gasteiger partial charge in [-0.15, -0.1) is 0 Å². The van der Waals surface area contributed by atoms with Crippen LogP contribution in [0, 0.1) is 5.92 Å². The molecule has 0 saturated carbocycles. The topological polar surface area (TPSA) is 87.8 Å². The summed E-state index contributed by atoms with van der Waals surface area (Å²) in [7, 11) is -1.61. The van der Waals surface area contributed by atoms with E-state index in [9.17, 15) is 14.8 Å². The van der Waals surface area contributed by atoms with Gasteiger partial charge >= 0.3 is 13.2 Å². The van der Waals surface area contributed by atoms with Gasteiger partial charge < -0.3 is 19.7 Å². The molecule has 140 valence electrons. The largest absolute Gasteiger partial charge is 0.510 e. The summed E-state index contributed by atoms with van der Waals surface area (Å²) in [6.07, 6.45) is 0.437. The van der Waals surface area contributed by atoms with E-state index in [-0.39, 0.29) is 23.6 Å². The predicted octanol–water partition coefficient (Wildman–Crippen LogP) is 1.53. The normalized spacial score (nSPS) is 21.1. The number of ether oxygens (including phenoxy) is 1. The van der Waals surface area contributed by atoms with Crippen LogP contribution in [0.2, 0.25) is 0 Å². The minimum absolute atomic E-state index is 0.0751. The van der Waals surface area contributed by atoms with Gasteiger partial charge in [-0.2, -0.15) is 5.10 Å². The van der Waals surface area contributed by atoms with Crippen molar-refractivity contribution in [1.82, 2.24) is 14.7 Å². The lowest BCUT2D eigenvalue weighted by Crippen LogP contribution is -2.46. The number of aromatic nitrogens is 2. The van der Waals surface area contributed by atoms with Crippen molar-refractivity contribution >= 4 is 29.7 Å². The number of hydrogen-bond acceptors (Lipinski definition) is 5. The maximum absolute atomic E-state index is 12.3. The van der Waals surface area contributed by atoms with Crippen molar-refractivity contribution < 1.29 is 19.6 Å². The molecule has 2 N–H and O–H groups in total. The summed E-state index contributed by atoms with van der Waals surface area (Å²) in [4.78, 5) is 14.1. The molecule has 1 fully saturated rings. The van der Waals surface area contributed by atoms with Gasteiger partial charge in [-0.3, -0.25) is 4.68 Å². The van der Waals surface area contributed by atoms with Crippen molar-refractivity contribution in [3.05, 3.63) is 24.3 Å². The van der Waals surface area contributed by atoms with Gasteiger partial charge in [-0.25, -0.2) is 4.79 Å². The molecule has 1 aromatic carbocycles. The summed E-state index contributed by atoms with van der Waals surface area (Å²) in [6, 6.07) is 7.62. The molecular weight excluding hydrogens is 333 g/mol. The van der Waals surface area contributed by atoms with E-state index >= 15 is 0 Å². The van der Waals surface area contributed by atoms with Crippen molar-refractivity contribution in [2.45, 2.75) is 45.8 Å². The third kappa shape index (κ3) is 3.71. The Balaban J connectivity index is 1.82. The van der Waals surface area contributed by atoms with Crippen LogP contribution < -0.4 is 5.59 Å². The number of benzene rings is 1. The van der Waals surface area contributed by atoms with Gasteiger partial charge in [0, 0.05) is 18.5 Å². The van der Waals surface area contributed by atoms with E-state index in [4.69, 9.17) is 4.74 Å². The highest BCUT2D eigenvalue weighted by Crippen LogP contribution is 2.30.